The van der Waals surface area contributed by atoms with Gasteiger partial charge < -0.3 is 21.8 Å². The SMILES string of the molecule is [CH2-]C(=O)N[C-]=O.[Zn+2]. The van der Waals surface area contributed by atoms with Crippen molar-refractivity contribution in [2.75, 3.05) is 0 Å². The van der Waals surface area contributed by atoms with Crippen LogP contribution in [0.25, 0.3) is 0 Å². The first-order valence-corrected chi connectivity index (χ1v) is 1.26. The average molecular weight is 150 g/mol. The predicted octanol–water partition coefficient (Wildman–Crippen LogP) is -0.999. The van der Waals surface area contributed by atoms with Crippen LogP contribution in [0, 0.1) is 6.92 Å². The Morgan fingerprint density at radius 1 is 1.71 bits per heavy atom. The summed E-state index contributed by atoms with van der Waals surface area (Å²) in [6.07, 6.45) is 1.16. The minimum absolute atomic E-state index is 0. The standard InChI is InChI=1S/C3H3NO2.Zn/c1-3(6)4-2-5;/h1H2,(H,4,5,6);/q-2;+2. The minimum Gasteiger partial charge on any atom is -0.487 e. The molecule has 0 aromatic heterocycles. The molecule has 0 spiro atoms. The first kappa shape index (κ1) is 9.81. The van der Waals surface area contributed by atoms with Crippen molar-refractivity contribution in [2.45, 2.75) is 0 Å². The normalized spacial score (nSPS) is 5.71. The molecule has 0 saturated carbocycles. The number of hydrogen-bond acceptors (Lipinski definition) is 2. The van der Waals surface area contributed by atoms with Crippen molar-refractivity contribution in [2.24, 2.45) is 0 Å². The van der Waals surface area contributed by atoms with Crippen molar-refractivity contribution in [3.8, 4) is 0 Å². The second-order valence-electron chi connectivity index (χ2n) is 0.650. The van der Waals surface area contributed by atoms with Gasteiger partial charge in [-0.3, -0.25) is 0 Å². The van der Waals surface area contributed by atoms with Crippen LogP contribution in [-0.2, 0) is 29.1 Å². The van der Waals surface area contributed by atoms with Gasteiger partial charge in [0.1, 0.15) is 0 Å². The van der Waals surface area contributed by atoms with E-state index in [9.17, 15) is 4.79 Å². The van der Waals surface area contributed by atoms with Crippen LogP contribution in [0.5, 0.6) is 0 Å². The van der Waals surface area contributed by atoms with Crippen molar-refractivity contribution in [3.63, 3.8) is 0 Å². The van der Waals surface area contributed by atoms with Crippen LogP contribution in [-0.4, -0.2) is 12.3 Å². The van der Waals surface area contributed by atoms with Crippen LogP contribution in [0.3, 0.4) is 0 Å². The zero-order valence-corrected chi connectivity index (χ0v) is 6.70. The molecule has 34 valence electrons. The molecule has 2 amide bonds. The third-order valence-electron chi connectivity index (χ3n) is 0.190. The Morgan fingerprint density at radius 3 is 2.14 bits per heavy atom. The van der Waals surface area contributed by atoms with E-state index in [4.69, 9.17) is 4.79 Å². The molecule has 0 radical (unpaired) electrons. The summed E-state index contributed by atoms with van der Waals surface area (Å²) in [4.78, 5) is 18.7. The third-order valence-corrected chi connectivity index (χ3v) is 0.190. The Hall–Kier alpha value is -0.367. The molecule has 0 heterocycles. The summed E-state index contributed by atoms with van der Waals surface area (Å²) in [5.41, 5.74) is 0. The maximum absolute atomic E-state index is 9.56. The van der Waals surface area contributed by atoms with Gasteiger partial charge in [0.2, 0.25) is 0 Å². The molecule has 4 heteroatoms. The summed E-state index contributed by atoms with van der Waals surface area (Å²) in [6, 6.07) is 0. The Morgan fingerprint density at radius 2 is 2.14 bits per heavy atom. The van der Waals surface area contributed by atoms with Crippen LogP contribution in [0.1, 0.15) is 0 Å². The molecule has 0 aliphatic heterocycles. The van der Waals surface area contributed by atoms with Gasteiger partial charge in [-0.25, -0.2) is 0 Å². The van der Waals surface area contributed by atoms with Gasteiger partial charge in [-0.05, 0) is 0 Å². The van der Waals surface area contributed by atoms with Gasteiger partial charge in [-0.15, -0.1) is 0 Å². The number of imide groups is 1. The van der Waals surface area contributed by atoms with E-state index in [1.807, 2.05) is 0 Å². The second-order valence-corrected chi connectivity index (χ2v) is 0.650. The number of carbonyl (C=O) groups excluding carboxylic acids is 2. The summed E-state index contributed by atoms with van der Waals surface area (Å²) in [5.74, 6) is -0.634. The van der Waals surface area contributed by atoms with E-state index >= 15 is 0 Å². The molecule has 0 atom stereocenters. The predicted molar refractivity (Wildman–Crippen MR) is 19.2 cm³/mol. The molecule has 0 rings (SSSR count). The molecule has 0 bridgehead atoms. The van der Waals surface area contributed by atoms with Crippen LogP contribution in [0.2, 0.25) is 0 Å². The minimum atomic E-state index is -0.634. The molecule has 0 aromatic rings. The Labute approximate surface area is 54.2 Å². The van der Waals surface area contributed by atoms with Gasteiger partial charge in [0.15, 0.2) is 0 Å². The van der Waals surface area contributed by atoms with Gasteiger partial charge in [0.05, 0.1) is 6.41 Å². The van der Waals surface area contributed by atoms with Crippen molar-refractivity contribution in [3.05, 3.63) is 6.92 Å². The van der Waals surface area contributed by atoms with Crippen LogP contribution < -0.4 is 5.32 Å². The van der Waals surface area contributed by atoms with Crippen molar-refractivity contribution in [1.82, 2.24) is 5.32 Å². The third kappa shape index (κ3) is 10.7. The van der Waals surface area contributed by atoms with Crippen molar-refractivity contribution in [1.29, 1.82) is 0 Å². The molecule has 3 nitrogen and oxygen atoms in total. The maximum Gasteiger partial charge on any atom is 2.00 e. The van der Waals surface area contributed by atoms with E-state index in [1.165, 1.54) is 0 Å². The molecular formula is C3H3NO2Zn. The van der Waals surface area contributed by atoms with E-state index in [0.29, 0.717) is 0 Å². The van der Waals surface area contributed by atoms with E-state index in [-0.39, 0.29) is 19.5 Å². The van der Waals surface area contributed by atoms with Crippen LogP contribution in [0.15, 0.2) is 0 Å². The van der Waals surface area contributed by atoms with Crippen molar-refractivity contribution < 1.29 is 29.1 Å². The molecule has 0 aliphatic rings. The Bertz CT molecular complexity index is 73.3. The van der Waals surface area contributed by atoms with E-state index in [2.05, 4.69) is 6.92 Å². The second kappa shape index (κ2) is 5.63. The summed E-state index contributed by atoms with van der Waals surface area (Å²) in [6.45, 7) is 2.82. The van der Waals surface area contributed by atoms with Gasteiger partial charge in [-0.1, -0.05) is 5.91 Å². The maximum atomic E-state index is 9.56. The Kier molecular flexibility index (Phi) is 7.89. The Balaban J connectivity index is 0. The fraction of sp³-hybridized carbons (Fsp3) is 0. The summed E-state index contributed by atoms with van der Waals surface area (Å²) in [7, 11) is 0. The number of hydrogen-bond donors (Lipinski definition) is 1. The first-order valence-electron chi connectivity index (χ1n) is 1.26. The van der Waals surface area contributed by atoms with Gasteiger partial charge in [0, 0.05) is 0 Å². The molecule has 0 unspecified atom stereocenters. The topological polar surface area (TPSA) is 46.2 Å². The molecule has 0 fully saturated rings. The largest absolute Gasteiger partial charge is 2.00 e. The monoisotopic (exact) mass is 149 g/mol. The number of rotatable bonds is 1. The molecule has 0 aliphatic carbocycles. The number of carbonyl (C=O) groups is 1. The fourth-order valence-electron chi connectivity index (χ4n) is 0.0569. The molecule has 0 saturated heterocycles. The number of amides is 2. The number of nitrogens with one attached hydrogen (secondary N) is 1. The van der Waals surface area contributed by atoms with Crippen LogP contribution >= 0.6 is 0 Å². The van der Waals surface area contributed by atoms with Gasteiger partial charge >= 0.3 is 19.5 Å². The van der Waals surface area contributed by atoms with E-state index < -0.39 is 5.91 Å². The van der Waals surface area contributed by atoms with Gasteiger partial charge in [-0.2, -0.15) is 0 Å². The molecule has 0 aromatic carbocycles. The summed E-state index contributed by atoms with van der Waals surface area (Å²) >= 11 is 0. The molecule has 7 heavy (non-hydrogen) atoms. The quantitative estimate of drug-likeness (QED) is 0.296. The zero-order valence-electron chi connectivity index (χ0n) is 3.73. The first-order chi connectivity index (χ1) is 2.77. The fourth-order valence-corrected chi connectivity index (χ4v) is 0.0569. The molecular weight excluding hydrogens is 147 g/mol. The average Bonchev–Trinajstić information content (AvgIpc) is 1.35. The van der Waals surface area contributed by atoms with E-state index in [1.54, 1.807) is 5.32 Å². The smallest absolute Gasteiger partial charge is 0.487 e. The van der Waals surface area contributed by atoms with Crippen LogP contribution in [0.4, 0.5) is 0 Å². The summed E-state index contributed by atoms with van der Waals surface area (Å²) < 4.78 is 0. The molecule has 1 N–H and O–H groups in total. The van der Waals surface area contributed by atoms with E-state index in [0.717, 1.165) is 6.41 Å². The van der Waals surface area contributed by atoms with Gasteiger partial charge in [0.25, 0.3) is 0 Å². The zero-order chi connectivity index (χ0) is 4.99. The summed E-state index contributed by atoms with van der Waals surface area (Å²) in [5, 5.41) is 1.65. The van der Waals surface area contributed by atoms with Crippen molar-refractivity contribution >= 4 is 12.3 Å².